The summed E-state index contributed by atoms with van der Waals surface area (Å²) in [7, 11) is 0. The van der Waals surface area contributed by atoms with Crippen LogP contribution < -0.4 is 10.9 Å². The number of hydrogen-bond donors (Lipinski definition) is 2. The number of hydrogen-bond acceptors (Lipinski definition) is 4. The number of aromatic nitrogens is 2. The van der Waals surface area contributed by atoms with Crippen LogP contribution in [0.5, 0.6) is 0 Å². The van der Waals surface area contributed by atoms with Gasteiger partial charge in [-0.3, -0.25) is 4.79 Å². The molecule has 1 aromatic heterocycles. The third-order valence-electron chi connectivity index (χ3n) is 2.99. The van der Waals surface area contributed by atoms with Crippen molar-refractivity contribution in [3.05, 3.63) is 22.7 Å². The number of anilines is 1. The first-order chi connectivity index (χ1) is 8.94. The molecule has 1 aromatic rings. The van der Waals surface area contributed by atoms with Crippen molar-refractivity contribution in [2.75, 3.05) is 5.32 Å². The number of nitrogens with one attached hydrogen (secondary N) is 1. The molecule has 0 aliphatic carbocycles. The molecule has 2 N–H and O–H groups in total. The molecule has 0 spiro atoms. The maximum atomic E-state index is 12.1. The molecule has 6 nitrogen and oxygen atoms in total. The second kappa shape index (κ2) is 6.36. The minimum atomic E-state index is -1.17. The summed E-state index contributed by atoms with van der Waals surface area (Å²) in [5, 5.41) is 12.1. The molecule has 0 amide bonds. The molecule has 0 aliphatic rings. The van der Waals surface area contributed by atoms with Crippen LogP contribution >= 0.6 is 0 Å². The number of nitrogens with zero attached hydrogens (tertiary/aromatic N) is 2. The highest BCUT2D eigenvalue weighted by Crippen LogP contribution is 2.17. The number of carboxylic acids is 1. The zero-order valence-electron chi connectivity index (χ0n) is 11.6. The van der Waals surface area contributed by atoms with E-state index in [0.717, 1.165) is 6.42 Å². The summed E-state index contributed by atoms with van der Waals surface area (Å²) in [6.07, 6.45) is 5.06. The van der Waals surface area contributed by atoms with Crippen molar-refractivity contribution in [1.29, 1.82) is 0 Å². The lowest BCUT2D eigenvalue weighted by Gasteiger charge is -2.26. The first kappa shape index (κ1) is 15.2. The summed E-state index contributed by atoms with van der Waals surface area (Å²) in [6.45, 7) is 6.03. The van der Waals surface area contributed by atoms with Crippen molar-refractivity contribution < 1.29 is 9.90 Å². The molecular formula is C13H21N3O3. The van der Waals surface area contributed by atoms with E-state index in [-0.39, 0.29) is 11.4 Å². The van der Waals surface area contributed by atoms with E-state index in [0.29, 0.717) is 19.4 Å². The second-order valence-corrected chi connectivity index (χ2v) is 4.79. The topological polar surface area (TPSA) is 84.2 Å². The minimum Gasteiger partial charge on any atom is -0.480 e. The number of rotatable bonds is 7. The Morgan fingerprint density at radius 3 is 2.68 bits per heavy atom. The van der Waals surface area contributed by atoms with Crippen molar-refractivity contribution in [3.8, 4) is 0 Å². The molecule has 0 aliphatic heterocycles. The molecule has 0 fully saturated rings. The van der Waals surface area contributed by atoms with Crippen molar-refractivity contribution >= 4 is 11.8 Å². The Bertz CT molecular complexity index is 498. The van der Waals surface area contributed by atoms with E-state index >= 15 is 0 Å². The fourth-order valence-corrected chi connectivity index (χ4v) is 1.93. The van der Waals surface area contributed by atoms with Gasteiger partial charge < -0.3 is 15.0 Å². The predicted molar refractivity (Wildman–Crippen MR) is 73.4 cm³/mol. The molecule has 6 heteroatoms. The van der Waals surface area contributed by atoms with E-state index in [2.05, 4.69) is 10.3 Å². The van der Waals surface area contributed by atoms with E-state index in [4.69, 9.17) is 0 Å². The van der Waals surface area contributed by atoms with E-state index in [1.165, 1.54) is 10.8 Å². The lowest BCUT2D eigenvalue weighted by Crippen LogP contribution is -2.45. The van der Waals surface area contributed by atoms with Gasteiger partial charge in [-0.1, -0.05) is 20.3 Å². The van der Waals surface area contributed by atoms with Gasteiger partial charge in [0.1, 0.15) is 5.54 Å². The average Bonchev–Trinajstić information content (AvgIpc) is 2.34. The van der Waals surface area contributed by atoms with Gasteiger partial charge >= 0.3 is 5.97 Å². The summed E-state index contributed by atoms with van der Waals surface area (Å²) in [4.78, 5) is 27.4. The highest BCUT2D eigenvalue weighted by molar-refractivity contribution is 5.81. The molecule has 0 saturated heterocycles. The normalized spacial score (nSPS) is 13.8. The third-order valence-corrected chi connectivity index (χ3v) is 2.99. The third kappa shape index (κ3) is 3.56. The van der Waals surface area contributed by atoms with Crippen molar-refractivity contribution in [3.63, 3.8) is 0 Å². The van der Waals surface area contributed by atoms with Gasteiger partial charge in [-0.15, -0.1) is 0 Å². The van der Waals surface area contributed by atoms with E-state index in [1.54, 1.807) is 13.1 Å². The van der Waals surface area contributed by atoms with Crippen LogP contribution in [-0.4, -0.2) is 26.2 Å². The zero-order chi connectivity index (χ0) is 14.5. The molecule has 1 heterocycles. The molecule has 1 unspecified atom stereocenters. The molecule has 19 heavy (non-hydrogen) atoms. The molecule has 0 saturated carbocycles. The summed E-state index contributed by atoms with van der Waals surface area (Å²) in [6, 6.07) is 0. The van der Waals surface area contributed by atoms with Gasteiger partial charge in [0, 0.05) is 18.9 Å². The van der Waals surface area contributed by atoms with Crippen LogP contribution in [-0.2, 0) is 11.3 Å². The Balaban J connectivity index is 3.07. The molecule has 0 aromatic carbocycles. The van der Waals surface area contributed by atoms with Gasteiger partial charge in [0.2, 0.25) is 0 Å². The Morgan fingerprint density at radius 1 is 1.47 bits per heavy atom. The smallest absolute Gasteiger partial charge is 0.329 e. The molecule has 0 radical (unpaired) electrons. The summed E-state index contributed by atoms with van der Waals surface area (Å²) in [5.41, 5.74) is -1.46. The first-order valence-corrected chi connectivity index (χ1v) is 6.51. The van der Waals surface area contributed by atoms with Crippen molar-refractivity contribution in [2.45, 2.75) is 52.1 Å². The van der Waals surface area contributed by atoms with E-state index < -0.39 is 11.5 Å². The average molecular weight is 267 g/mol. The predicted octanol–water partition coefficient (Wildman–Crippen LogP) is 1.71. The Hall–Kier alpha value is -1.85. The summed E-state index contributed by atoms with van der Waals surface area (Å²) < 4.78 is 1.53. The van der Waals surface area contributed by atoms with Crippen LogP contribution in [0.15, 0.2) is 17.2 Å². The van der Waals surface area contributed by atoms with Crippen LogP contribution in [0, 0.1) is 0 Å². The number of aliphatic carboxylic acids is 1. The zero-order valence-corrected chi connectivity index (χ0v) is 11.6. The fraction of sp³-hybridized carbons (Fsp3) is 0.615. The van der Waals surface area contributed by atoms with Gasteiger partial charge in [-0.05, 0) is 19.8 Å². The Kier molecular flexibility index (Phi) is 5.09. The quantitative estimate of drug-likeness (QED) is 0.785. The molecule has 106 valence electrons. The van der Waals surface area contributed by atoms with Crippen LogP contribution in [0.4, 0.5) is 5.82 Å². The Labute approximate surface area is 112 Å². The number of carboxylic acid groups (broad SMARTS) is 1. The standard InChI is InChI=1S/C13H21N3O3/c1-4-6-13(3,12(18)19)15-10-11(17)16(8-5-2)9-7-14-10/h7,9H,4-6,8H2,1-3H3,(H,14,15)(H,18,19). The SMILES string of the molecule is CCCn1ccnc(NC(C)(CCC)C(=O)O)c1=O. The number of aryl methyl sites for hydroxylation is 1. The van der Waals surface area contributed by atoms with E-state index in [9.17, 15) is 14.7 Å². The van der Waals surface area contributed by atoms with Crippen LogP contribution in [0.25, 0.3) is 0 Å². The maximum absolute atomic E-state index is 12.1. The van der Waals surface area contributed by atoms with Crippen LogP contribution in [0.2, 0.25) is 0 Å². The Morgan fingerprint density at radius 2 is 2.16 bits per heavy atom. The van der Waals surface area contributed by atoms with Crippen molar-refractivity contribution in [1.82, 2.24) is 9.55 Å². The van der Waals surface area contributed by atoms with Gasteiger partial charge in [0.25, 0.3) is 5.56 Å². The van der Waals surface area contributed by atoms with Gasteiger partial charge in [-0.2, -0.15) is 0 Å². The van der Waals surface area contributed by atoms with Gasteiger partial charge in [0.05, 0.1) is 0 Å². The van der Waals surface area contributed by atoms with Crippen LogP contribution in [0.3, 0.4) is 0 Å². The minimum absolute atomic E-state index is 0.0919. The maximum Gasteiger partial charge on any atom is 0.329 e. The number of carbonyl (C=O) groups is 1. The van der Waals surface area contributed by atoms with Gasteiger partial charge in [0.15, 0.2) is 5.82 Å². The molecule has 1 atom stereocenters. The van der Waals surface area contributed by atoms with Crippen molar-refractivity contribution in [2.24, 2.45) is 0 Å². The molecular weight excluding hydrogens is 246 g/mol. The monoisotopic (exact) mass is 267 g/mol. The molecule has 1 rings (SSSR count). The van der Waals surface area contributed by atoms with Gasteiger partial charge in [-0.25, -0.2) is 9.78 Å². The molecule has 0 bridgehead atoms. The summed E-state index contributed by atoms with van der Waals surface area (Å²) in [5.74, 6) is -0.893. The first-order valence-electron chi connectivity index (χ1n) is 6.51. The van der Waals surface area contributed by atoms with E-state index in [1.807, 2.05) is 13.8 Å². The highest BCUT2D eigenvalue weighted by atomic mass is 16.4. The highest BCUT2D eigenvalue weighted by Gasteiger charge is 2.33. The second-order valence-electron chi connectivity index (χ2n) is 4.79. The fourth-order valence-electron chi connectivity index (χ4n) is 1.93. The summed E-state index contributed by atoms with van der Waals surface area (Å²) >= 11 is 0. The van der Waals surface area contributed by atoms with Crippen LogP contribution in [0.1, 0.15) is 40.0 Å². The largest absolute Gasteiger partial charge is 0.480 e. The lowest BCUT2D eigenvalue weighted by atomic mass is 9.96. The lowest BCUT2D eigenvalue weighted by molar-refractivity contribution is -0.142.